The molecule has 8 heteroatoms. The molecule has 0 fully saturated rings. The third kappa shape index (κ3) is 6.35. The van der Waals surface area contributed by atoms with Crippen molar-refractivity contribution in [3.8, 4) is 0 Å². The van der Waals surface area contributed by atoms with Crippen molar-refractivity contribution in [2.45, 2.75) is 6.42 Å². The highest BCUT2D eigenvalue weighted by Crippen LogP contribution is 2.19. The Balaban J connectivity index is 1.47. The van der Waals surface area contributed by atoms with Gasteiger partial charge in [0.1, 0.15) is 0 Å². The van der Waals surface area contributed by atoms with E-state index in [1.54, 1.807) is 65.4 Å². The quantitative estimate of drug-likeness (QED) is 0.396. The SMILES string of the molecule is O=C(COC(=O)CCNC(=O)c1ccsc1)Nc1ccccc1C(=O)c1ccccc1. The summed E-state index contributed by atoms with van der Waals surface area (Å²) in [4.78, 5) is 48.5. The van der Waals surface area contributed by atoms with E-state index in [1.165, 1.54) is 11.3 Å². The lowest BCUT2D eigenvalue weighted by Crippen LogP contribution is -2.27. The minimum atomic E-state index is -0.616. The van der Waals surface area contributed by atoms with Gasteiger partial charge in [0, 0.05) is 28.6 Å². The van der Waals surface area contributed by atoms with Crippen LogP contribution in [-0.4, -0.2) is 36.7 Å². The largest absolute Gasteiger partial charge is 0.456 e. The van der Waals surface area contributed by atoms with Crippen LogP contribution in [0, 0.1) is 0 Å². The molecule has 0 radical (unpaired) electrons. The van der Waals surface area contributed by atoms with Gasteiger partial charge in [-0.3, -0.25) is 19.2 Å². The Bertz CT molecular complexity index is 1060. The lowest BCUT2D eigenvalue weighted by atomic mass is 10.0. The number of para-hydroxylation sites is 1. The summed E-state index contributed by atoms with van der Waals surface area (Å²) in [6.07, 6.45) is -0.0633. The summed E-state index contributed by atoms with van der Waals surface area (Å²) < 4.78 is 4.95. The smallest absolute Gasteiger partial charge is 0.308 e. The van der Waals surface area contributed by atoms with E-state index in [-0.39, 0.29) is 24.7 Å². The first-order valence-electron chi connectivity index (χ1n) is 9.49. The van der Waals surface area contributed by atoms with Crippen molar-refractivity contribution in [1.29, 1.82) is 0 Å². The minimum absolute atomic E-state index is 0.0633. The molecule has 3 aromatic rings. The molecule has 0 bridgehead atoms. The molecule has 1 aromatic heterocycles. The van der Waals surface area contributed by atoms with Crippen molar-refractivity contribution in [3.05, 3.63) is 88.1 Å². The fourth-order valence-electron chi connectivity index (χ4n) is 2.71. The molecular formula is C23H20N2O5S. The number of nitrogens with one attached hydrogen (secondary N) is 2. The van der Waals surface area contributed by atoms with Gasteiger partial charge in [-0.1, -0.05) is 42.5 Å². The van der Waals surface area contributed by atoms with Crippen LogP contribution in [0.25, 0.3) is 0 Å². The molecule has 1 heterocycles. The van der Waals surface area contributed by atoms with E-state index in [1.807, 2.05) is 6.07 Å². The van der Waals surface area contributed by atoms with E-state index in [9.17, 15) is 19.2 Å². The van der Waals surface area contributed by atoms with Crippen molar-refractivity contribution in [2.75, 3.05) is 18.5 Å². The lowest BCUT2D eigenvalue weighted by molar-refractivity contribution is -0.147. The van der Waals surface area contributed by atoms with Gasteiger partial charge in [0.05, 0.1) is 12.1 Å². The number of hydrogen-bond donors (Lipinski definition) is 2. The topological polar surface area (TPSA) is 102 Å². The number of amides is 2. The Labute approximate surface area is 183 Å². The first-order valence-corrected chi connectivity index (χ1v) is 10.4. The lowest BCUT2D eigenvalue weighted by Gasteiger charge is -2.11. The van der Waals surface area contributed by atoms with Gasteiger partial charge in [-0.25, -0.2) is 0 Å². The van der Waals surface area contributed by atoms with E-state index in [0.29, 0.717) is 22.4 Å². The van der Waals surface area contributed by atoms with Gasteiger partial charge in [-0.2, -0.15) is 11.3 Å². The molecule has 31 heavy (non-hydrogen) atoms. The number of anilines is 1. The Morgan fingerprint density at radius 2 is 1.61 bits per heavy atom. The molecule has 0 aliphatic rings. The van der Waals surface area contributed by atoms with E-state index in [4.69, 9.17) is 4.74 Å². The van der Waals surface area contributed by atoms with Gasteiger partial charge in [0.25, 0.3) is 11.8 Å². The predicted octanol–water partition coefficient (Wildman–Crippen LogP) is 3.28. The van der Waals surface area contributed by atoms with E-state index < -0.39 is 18.5 Å². The normalized spacial score (nSPS) is 10.2. The number of carbonyl (C=O) groups excluding carboxylic acids is 4. The highest BCUT2D eigenvalue weighted by Gasteiger charge is 2.16. The van der Waals surface area contributed by atoms with Crippen LogP contribution < -0.4 is 10.6 Å². The van der Waals surface area contributed by atoms with Gasteiger partial charge < -0.3 is 15.4 Å². The molecule has 0 spiro atoms. The predicted molar refractivity (Wildman–Crippen MR) is 117 cm³/mol. The summed E-state index contributed by atoms with van der Waals surface area (Å²) in [7, 11) is 0. The average Bonchev–Trinajstić information content (AvgIpc) is 3.33. The molecule has 3 rings (SSSR count). The highest BCUT2D eigenvalue weighted by molar-refractivity contribution is 7.08. The second-order valence-corrected chi connectivity index (χ2v) is 7.25. The van der Waals surface area contributed by atoms with Crippen LogP contribution in [0.15, 0.2) is 71.4 Å². The van der Waals surface area contributed by atoms with Crippen LogP contribution in [0.4, 0.5) is 5.69 Å². The van der Waals surface area contributed by atoms with Crippen LogP contribution in [-0.2, 0) is 14.3 Å². The maximum Gasteiger partial charge on any atom is 0.308 e. The number of ketones is 1. The Kier molecular flexibility index (Phi) is 7.67. The van der Waals surface area contributed by atoms with Crippen molar-refractivity contribution >= 4 is 40.6 Å². The summed E-state index contributed by atoms with van der Waals surface area (Å²) in [6, 6.07) is 17.0. The number of hydrogen-bond acceptors (Lipinski definition) is 6. The second-order valence-electron chi connectivity index (χ2n) is 6.47. The summed E-state index contributed by atoms with van der Waals surface area (Å²) >= 11 is 1.40. The number of rotatable bonds is 9. The van der Waals surface area contributed by atoms with Gasteiger partial charge >= 0.3 is 5.97 Å². The maximum atomic E-state index is 12.7. The zero-order chi connectivity index (χ0) is 22.1. The van der Waals surface area contributed by atoms with Crippen LogP contribution in [0.3, 0.4) is 0 Å². The van der Waals surface area contributed by atoms with Crippen LogP contribution in [0.2, 0.25) is 0 Å². The van der Waals surface area contributed by atoms with Gasteiger partial charge in [-0.05, 0) is 23.6 Å². The van der Waals surface area contributed by atoms with Crippen molar-refractivity contribution < 1.29 is 23.9 Å². The molecule has 0 aliphatic carbocycles. The second kappa shape index (κ2) is 10.8. The molecule has 0 aliphatic heterocycles. The zero-order valence-electron chi connectivity index (χ0n) is 16.5. The number of carbonyl (C=O) groups is 4. The molecular weight excluding hydrogens is 416 g/mol. The number of ether oxygens (including phenoxy) is 1. The summed E-state index contributed by atoms with van der Waals surface area (Å²) in [6.45, 7) is -0.394. The third-order valence-electron chi connectivity index (χ3n) is 4.24. The highest BCUT2D eigenvalue weighted by atomic mass is 32.1. The summed E-state index contributed by atoms with van der Waals surface area (Å²) in [5, 5.41) is 8.70. The first kappa shape index (κ1) is 21.9. The number of esters is 1. The van der Waals surface area contributed by atoms with Crippen LogP contribution in [0.5, 0.6) is 0 Å². The molecule has 158 valence electrons. The molecule has 2 aromatic carbocycles. The fourth-order valence-corrected chi connectivity index (χ4v) is 3.35. The Morgan fingerprint density at radius 1 is 0.871 bits per heavy atom. The van der Waals surface area contributed by atoms with Gasteiger partial charge in [0.2, 0.25) is 0 Å². The Hall–Kier alpha value is -3.78. The fraction of sp³-hybridized carbons (Fsp3) is 0.130. The molecule has 2 N–H and O–H groups in total. The van der Waals surface area contributed by atoms with Crippen molar-refractivity contribution in [2.24, 2.45) is 0 Å². The van der Waals surface area contributed by atoms with Crippen LogP contribution in [0.1, 0.15) is 32.7 Å². The standard InChI is InChI=1S/C23H20N2O5S/c26-20(14-30-21(27)10-12-24-23(29)17-11-13-31-15-17)25-19-9-5-4-8-18(19)22(28)16-6-2-1-3-7-16/h1-9,11,13,15H,10,12,14H2,(H,24,29)(H,25,26). The Morgan fingerprint density at radius 3 is 2.35 bits per heavy atom. The van der Waals surface area contributed by atoms with E-state index in [0.717, 1.165) is 0 Å². The van der Waals surface area contributed by atoms with Gasteiger partial charge in [-0.15, -0.1) is 0 Å². The van der Waals surface area contributed by atoms with E-state index >= 15 is 0 Å². The van der Waals surface area contributed by atoms with Gasteiger partial charge in [0.15, 0.2) is 12.4 Å². The molecule has 0 unspecified atom stereocenters. The average molecular weight is 436 g/mol. The van der Waals surface area contributed by atoms with E-state index in [2.05, 4.69) is 10.6 Å². The molecule has 0 saturated carbocycles. The van der Waals surface area contributed by atoms with Crippen molar-refractivity contribution in [3.63, 3.8) is 0 Å². The maximum absolute atomic E-state index is 12.7. The minimum Gasteiger partial charge on any atom is -0.456 e. The number of benzene rings is 2. The zero-order valence-corrected chi connectivity index (χ0v) is 17.3. The first-order chi connectivity index (χ1) is 15.0. The molecule has 7 nitrogen and oxygen atoms in total. The number of thiophene rings is 1. The monoisotopic (exact) mass is 436 g/mol. The molecule has 0 atom stereocenters. The van der Waals surface area contributed by atoms with Crippen molar-refractivity contribution in [1.82, 2.24) is 5.32 Å². The third-order valence-corrected chi connectivity index (χ3v) is 4.93. The summed E-state index contributed by atoms with van der Waals surface area (Å²) in [5.74, 6) is -1.68. The summed E-state index contributed by atoms with van der Waals surface area (Å²) in [5.41, 5.74) is 1.70. The molecule has 0 saturated heterocycles. The van der Waals surface area contributed by atoms with Crippen LogP contribution >= 0.6 is 11.3 Å². The molecule has 2 amide bonds.